The van der Waals surface area contributed by atoms with E-state index in [1.54, 1.807) is 0 Å². The molecule has 0 bridgehead atoms. The molecule has 0 unspecified atom stereocenters. The van der Waals surface area contributed by atoms with Crippen LogP contribution in [0.4, 0.5) is 13.2 Å². The summed E-state index contributed by atoms with van der Waals surface area (Å²) in [5.74, 6) is 0. The van der Waals surface area contributed by atoms with E-state index in [-0.39, 0.29) is 18.6 Å². The van der Waals surface area contributed by atoms with Crippen LogP contribution in [0.3, 0.4) is 0 Å². The molecule has 0 amide bonds. The third-order valence-corrected chi connectivity index (χ3v) is 4.35. The van der Waals surface area contributed by atoms with Crippen molar-refractivity contribution in [3.05, 3.63) is 0 Å². The normalized spacial score (nSPS) is 13.4. The van der Waals surface area contributed by atoms with Crippen molar-refractivity contribution < 1.29 is 18.3 Å². The second-order valence-electron chi connectivity index (χ2n) is 4.39. The predicted molar refractivity (Wildman–Crippen MR) is 66.4 cm³/mol. The average molecular weight is 320 g/mol. The van der Waals surface area contributed by atoms with Gasteiger partial charge in [0.25, 0.3) is 0 Å². The summed E-state index contributed by atoms with van der Waals surface area (Å²) in [5.41, 5.74) is -0.152. The lowest BCUT2D eigenvalue weighted by atomic mass is 9.84. The van der Waals surface area contributed by atoms with E-state index in [4.69, 9.17) is 5.11 Å². The van der Waals surface area contributed by atoms with Gasteiger partial charge in [-0.15, -0.1) is 0 Å². The van der Waals surface area contributed by atoms with E-state index >= 15 is 0 Å². The van der Waals surface area contributed by atoms with Gasteiger partial charge in [-0.3, -0.25) is 4.90 Å². The SMILES string of the molecule is CCC(CC)(CBr)CN(CCO)CC(F)(F)F. The van der Waals surface area contributed by atoms with Gasteiger partial charge in [0.05, 0.1) is 13.2 Å². The lowest BCUT2D eigenvalue weighted by molar-refractivity contribution is -0.149. The molecule has 0 radical (unpaired) electrons. The summed E-state index contributed by atoms with van der Waals surface area (Å²) in [7, 11) is 0. The van der Waals surface area contributed by atoms with Crippen molar-refractivity contribution in [2.75, 3.05) is 31.6 Å². The first-order chi connectivity index (χ1) is 7.82. The van der Waals surface area contributed by atoms with Crippen molar-refractivity contribution in [2.45, 2.75) is 32.9 Å². The molecule has 0 aromatic carbocycles. The van der Waals surface area contributed by atoms with Crippen molar-refractivity contribution in [3.8, 4) is 0 Å². The number of halogens is 4. The monoisotopic (exact) mass is 319 g/mol. The molecule has 0 rings (SSSR count). The predicted octanol–water partition coefficient (Wildman–Crippen LogP) is 3.04. The molecule has 0 aliphatic rings. The van der Waals surface area contributed by atoms with Crippen LogP contribution in [0.25, 0.3) is 0 Å². The lowest BCUT2D eigenvalue weighted by Gasteiger charge is -2.36. The Morgan fingerprint density at radius 3 is 1.94 bits per heavy atom. The zero-order valence-corrected chi connectivity index (χ0v) is 11.9. The van der Waals surface area contributed by atoms with Crippen LogP contribution in [0.15, 0.2) is 0 Å². The molecule has 17 heavy (non-hydrogen) atoms. The molecule has 0 spiro atoms. The van der Waals surface area contributed by atoms with Gasteiger partial charge in [0.1, 0.15) is 0 Å². The maximum Gasteiger partial charge on any atom is 0.401 e. The van der Waals surface area contributed by atoms with E-state index in [0.717, 1.165) is 12.8 Å². The van der Waals surface area contributed by atoms with Gasteiger partial charge in [0, 0.05) is 18.4 Å². The minimum atomic E-state index is -4.21. The third-order valence-electron chi connectivity index (χ3n) is 3.16. The van der Waals surface area contributed by atoms with Gasteiger partial charge in [0.15, 0.2) is 0 Å². The quantitative estimate of drug-likeness (QED) is 0.695. The van der Waals surface area contributed by atoms with E-state index in [0.29, 0.717) is 11.9 Å². The summed E-state index contributed by atoms with van der Waals surface area (Å²) >= 11 is 3.38. The molecule has 0 aliphatic heterocycles. The molecule has 2 nitrogen and oxygen atoms in total. The first kappa shape index (κ1) is 17.2. The summed E-state index contributed by atoms with van der Waals surface area (Å²) < 4.78 is 37.1. The second kappa shape index (κ2) is 7.59. The fourth-order valence-corrected chi connectivity index (χ4v) is 2.76. The molecule has 0 atom stereocenters. The molecule has 1 N–H and O–H groups in total. The van der Waals surface area contributed by atoms with Crippen LogP contribution in [0.5, 0.6) is 0 Å². The number of nitrogens with zero attached hydrogens (tertiary/aromatic N) is 1. The van der Waals surface area contributed by atoms with Gasteiger partial charge in [0.2, 0.25) is 0 Å². The topological polar surface area (TPSA) is 23.5 Å². The van der Waals surface area contributed by atoms with Gasteiger partial charge < -0.3 is 5.11 Å². The second-order valence-corrected chi connectivity index (χ2v) is 4.95. The van der Waals surface area contributed by atoms with Crippen LogP contribution in [-0.2, 0) is 0 Å². The minimum Gasteiger partial charge on any atom is -0.395 e. The number of aliphatic hydroxyl groups excluding tert-OH is 1. The lowest BCUT2D eigenvalue weighted by Crippen LogP contribution is -2.44. The van der Waals surface area contributed by atoms with Crippen LogP contribution in [0.1, 0.15) is 26.7 Å². The Kier molecular flexibility index (Phi) is 7.67. The van der Waals surface area contributed by atoms with E-state index in [9.17, 15) is 13.2 Å². The number of rotatable bonds is 8. The molecule has 0 aromatic rings. The van der Waals surface area contributed by atoms with Gasteiger partial charge in [-0.25, -0.2) is 0 Å². The Morgan fingerprint density at radius 2 is 1.65 bits per heavy atom. The summed E-state index contributed by atoms with van der Waals surface area (Å²) in [6.45, 7) is 3.18. The first-order valence-corrected chi connectivity index (χ1v) is 6.90. The maximum atomic E-state index is 12.4. The summed E-state index contributed by atoms with van der Waals surface area (Å²) in [5, 5.41) is 9.50. The fraction of sp³-hybridized carbons (Fsp3) is 1.00. The Labute approximate surface area is 109 Å². The zero-order valence-electron chi connectivity index (χ0n) is 10.4. The standard InChI is InChI=1S/C11H21BrF3NO/c1-3-10(4-2,7-12)8-16(5-6-17)9-11(13,14)15/h17H,3-9H2,1-2H3. The molecule has 0 aliphatic carbocycles. The molecule has 0 saturated carbocycles. The Hall–Kier alpha value is 0.190. The van der Waals surface area contributed by atoms with Crippen molar-refractivity contribution >= 4 is 15.9 Å². The Bertz CT molecular complexity index is 199. The summed E-state index contributed by atoms with van der Waals surface area (Å²) in [6.07, 6.45) is -2.59. The highest BCUT2D eigenvalue weighted by molar-refractivity contribution is 9.09. The molecule has 0 fully saturated rings. The largest absolute Gasteiger partial charge is 0.401 e. The van der Waals surface area contributed by atoms with Crippen molar-refractivity contribution in [3.63, 3.8) is 0 Å². The van der Waals surface area contributed by atoms with Crippen LogP contribution >= 0.6 is 15.9 Å². The van der Waals surface area contributed by atoms with E-state index in [1.807, 2.05) is 13.8 Å². The van der Waals surface area contributed by atoms with E-state index < -0.39 is 12.7 Å². The molecular weight excluding hydrogens is 299 g/mol. The molecule has 0 aromatic heterocycles. The third kappa shape index (κ3) is 6.62. The fourth-order valence-electron chi connectivity index (χ4n) is 1.79. The van der Waals surface area contributed by atoms with E-state index in [1.165, 1.54) is 4.90 Å². The Balaban J connectivity index is 4.60. The van der Waals surface area contributed by atoms with Gasteiger partial charge in [-0.1, -0.05) is 29.8 Å². The van der Waals surface area contributed by atoms with E-state index in [2.05, 4.69) is 15.9 Å². The number of aliphatic hydroxyl groups is 1. The molecular formula is C11H21BrF3NO. The number of alkyl halides is 4. The molecule has 104 valence electrons. The molecule has 0 saturated heterocycles. The summed E-state index contributed by atoms with van der Waals surface area (Å²) in [6, 6.07) is 0. The number of hydrogen-bond acceptors (Lipinski definition) is 2. The molecule has 6 heteroatoms. The van der Waals surface area contributed by atoms with Crippen LogP contribution in [0.2, 0.25) is 0 Å². The van der Waals surface area contributed by atoms with Crippen molar-refractivity contribution in [1.29, 1.82) is 0 Å². The number of hydrogen-bond donors (Lipinski definition) is 1. The van der Waals surface area contributed by atoms with Crippen LogP contribution in [0, 0.1) is 5.41 Å². The highest BCUT2D eigenvalue weighted by atomic mass is 79.9. The highest BCUT2D eigenvalue weighted by Crippen LogP contribution is 2.31. The minimum absolute atomic E-state index is 0.0637. The van der Waals surface area contributed by atoms with Crippen LogP contribution in [-0.4, -0.2) is 47.8 Å². The van der Waals surface area contributed by atoms with Crippen molar-refractivity contribution in [2.24, 2.45) is 5.41 Å². The van der Waals surface area contributed by atoms with Gasteiger partial charge >= 0.3 is 6.18 Å². The Morgan fingerprint density at radius 1 is 1.12 bits per heavy atom. The van der Waals surface area contributed by atoms with Gasteiger partial charge in [-0.2, -0.15) is 13.2 Å². The zero-order chi connectivity index (χ0) is 13.5. The maximum absolute atomic E-state index is 12.4. The first-order valence-electron chi connectivity index (χ1n) is 5.78. The molecule has 0 heterocycles. The smallest absolute Gasteiger partial charge is 0.395 e. The highest BCUT2D eigenvalue weighted by Gasteiger charge is 2.34. The summed E-state index contributed by atoms with van der Waals surface area (Å²) in [4.78, 5) is 1.29. The van der Waals surface area contributed by atoms with Crippen molar-refractivity contribution in [1.82, 2.24) is 4.90 Å². The van der Waals surface area contributed by atoms with Gasteiger partial charge in [-0.05, 0) is 18.3 Å². The average Bonchev–Trinajstić information content (AvgIpc) is 2.24. The van der Waals surface area contributed by atoms with Crippen LogP contribution < -0.4 is 0 Å².